The number of aliphatic hydroxyl groups is 2. The van der Waals surface area contributed by atoms with Crippen LogP contribution < -0.4 is 0 Å². The van der Waals surface area contributed by atoms with Crippen LogP contribution in [0.4, 0.5) is 0 Å². The van der Waals surface area contributed by atoms with Crippen LogP contribution in [-0.2, 0) is 9.53 Å². The van der Waals surface area contributed by atoms with Gasteiger partial charge in [-0.05, 0) is 31.2 Å². The van der Waals surface area contributed by atoms with Gasteiger partial charge < -0.3 is 19.8 Å². The molecule has 0 saturated heterocycles. The van der Waals surface area contributed by atoms with E-state index in [9.17, 15) is 4.79 Å². The van der Waals surface area contributed by atoms with E-state index in [0.29, 0.717) is 0 Å². The monoisotopic (exact) mass is 324 g/mol. The third kappa shape index (κ3) is 10.5. The maximum Gasteiger partial charge on any atom is 0.348 e. The molecule has 0 fully saturated rings. The average Bonchev–Trinajstić information content (AvgIpc) is 2.57. The zero-order chi connectivity index (χ0) is 17.5. The maximum absolute atomic E-state index is 11.7. The van der Waals surface area contributed by atoms with Gasteiger partial charge in [0.2, 0.25) is 0 Å². The molecule has 0 aliphatic rings. The fourth-order valence-electron chi connectivity index (χ4n) is 1.70. The molecule has 0 aliphatic heterocycles. The minimum Gasteiger partial charge on any atom is -0.459 e. The number of hydrogen-bond acceptors (Lipinski definition) is 6. The summed E-state index contributed by atoms with van der Waals surface area (Å²) < 4.78 is 4.75. The number of nitrogens with zero attached hydrogens (tertiary/aromatic N) is 2. The molecule has 0 saturated carbocycles. The third-order valence-electron chi connectivity index (χ3n) is 3.12. The number of aliphatic hydroxyl groups excluding tert-OH is 2. The van der Waals surface area contributed by atoms with Crippen LogP contribution in [-0.4, -0.2) is 53.5 Å². The van der Waals surface area contributed by atoms with Gasteiger partial charge in [0, 0.05) is 13.1 Å². The molecule has 0 aromatic heterocycles. The standard InChI is InChI=1S/C17H28N2O4/c1-3-5-9-19(10-6-4-2)11-7-8-15(12-18)17(22)23-14-16(21)13-20/h7-8,11,16,20-21H,3-6,9-10,13-14H2,1-2H3. The van der Waals surface area contributed by atoms with Gasteiger partial charge in [-0.15, -0.1) is 0 Å². The second-order valence-electron chi connectivity index (χ2n) is 5.21. The normalized spacial score (nSPS) is 12.9. The molecule has 0 aromatic rings. The van der Waals surface area contributed by atoms with Gasteiger partial charge in [0.05, 0.1) is 6.61 Å². The number of allylic oxidation sites excluding steroid dienone is 2. The van der Waals surface area contributed by atoms with Crippen molar-refractivity contribution in [1.29, 1.82) is 5.26 Å². The predicted molar refractivity (Wildman–Crippen MR) is 88.3 cm³/mol. The predicted octanol–water partition coefficient (Wildman–Crippen LogP) is 1.75. The first-order valence-electron chi connectivity index (χ1n) is 8.07. The summed E-state index contributed by atoms with van der Waals surface area (Å²) in [5.74, 6) is -0.807. The van der Waals surface area contributed by atoms with Crippen LogP contribution in [0.2, 0.25) is 0 Å². The summed E-state index contributed by atoms with van der Waals surface area (Å²) in [5, 5.41) is 26.8. The lowest BCUT2D eigenvalue weighted by Gasteiger charge is -2.19. The molecule has 0 radical (unpaired) electrons. The Labute approximate surface area is 138 Å². The number of nitriles is 1. The van der Waals surface area contributed by atoms with E-state index >= 15 is 0 Å². The molecular weight excluding hydrogens is 296 g/mol. The van der Waals surface area contributed by atoms with Crippen molar-refractivity contribution in [2.75, 3.05) is 26.3 Å². The fourth-order valence-corrected chi connectivity index (χ4v) is 1.70. The molecule has 130 valence electrons. The molecule has 2 N–H and O–H groups in total. The van der Waals surface area contributed by atoms with Crippen molar-refractivity contribution in [3.05, 3.63) is 23.9 Å². The first-order chi connectivity index (χ1) is 11.1. The van der Waals surface area contributed by atoms with E-state index in [1.54, 1.807) is 12.1 Å². The molecule has 0 rings (SSSR count). The van der Waals surface area contributed by atoms with Crippen molar-refractivity contribution < 1.29 is 19.7 Å². The van der Waals surface area contributed by atoms with E-state index in [0.717, 1.165) is 38.8 Å². The molecule has 23 heavy (non-hydrogen) atoms. The number of rotatable bonds is 12. The van der Waals surface area contributed by atoms with Crippen LogP contribution in [0, 0.1) is 11.3 Å². The van der Waals surface area contributed by atoms with Gasteiger partial charge in [-0.1, -0.05) is 26.7 Å². The Balaban J connectivity index is 4.62. The molecule has 1 unspecified atom stereocenters. The van der Waals surface area contributed by atoms with Gasteiger partial charge in [0.25, 0.3) is 0 Å². The fraction of sp³-hybridized carbons (Fsp3) is 0.647. The van der Waals surface area contributed by atoms with Crippen LogP contribution in [0.5, 0.6) is 0 Å². The molecule has 6 nitrogen and oxygen atoms in total. The van der Waals surface area contributed by atoms with Gasteiger partial charge in [-0.25, -0.2) is 4.79 Å². The minimum absolute atomic E-state index is 0.141. The van der Waals surface area contributed by atoms with Crippen LogP contribution in [0.3, 0.4) is 0 Å². The van der Waals surface area contributed by atoms with Gasteiger partial charge in [0.15, 0.2) is 0 Å². The lowest BCUT2D eigenvalue weighted by molar-refractivity contribution is -0.142. The molecule has 0 amide bonds. The highest BCUT2D eigenvalue weighted by Crippen LogP contribution is 2.03. The SMILES string of the molecule is CCCCN(C=CC=C(C#N)C(=O)OCC(O)CO)CCCC. The van der Waals surface area contributed by atoms with Crippen molar-refractivity contribution in [3.63, 3.8) is 0 Å². The Morgan fingerprint density at radius 2 is 1.91 bits per heavy atom. The summed E-state index contributed by atoms with van der Waals surface area (Å²) in [5.41, 5.74) is -0.141. The van der Waals surface area contributed by atoms with Gasteiger partial charge in [-0.3, -0.25) is 0 Å². The lowest BCUT2D eigenvalue weighted by Crippen LogP contribution is -2.22. The molecule has 6 heteroatoms. The van der Waals surface area contributed by atoms with Crippen molar-refractivity contribution in [2.24, 2.45) is 0 Å². The van der Waals surface area contributed by atoms with Crippen molar-refractivity contribution in [1.82, 2.24) is 4.90 Å². The number of unbranched alkanes of at least 4 members (excludes halogenated alkanes) is 2. The zero-order valence-electron chi connectivity index (χ0n) is 14.1. The summed E-state index contributed by atoms with van der Waals surface area (Å²) in [6.45, 7) is 5.31. The Morgan fingerprint density at radius 1 is 1.30 bits per heavy atom. The molecule has 1 atom stereocenters. The molecule has 0 heterocycles. The van der Waals surface area contributed by atoms with E-state index in [-0.39, 0.29) is 12.2 Å². The smallest absolute Gasteiger partial charge is 0.348 e. The summed E-state index contributed by atoms with van der Waals surface area (Å²) in [7, 11) is 0. The van der Waals surface area contributed by atoms with Crippen LogP contribution in [0.25, 0.3) is 0 Å². The molecule has 0 aliphatic carbocycles. The van der Waals surface area contributed by atoms with E-state index in [4.69, 9.17) is 20.2 Å². The first-order valence-corrected chi connectivity index (χ1v) is 8.07. The lowest BCUT2D eigenvalue weighted by atomic mass is 10.2. The van der Waals surface area contributed by atoms with Gasteiger partial charge in [-0.2, -0.15) is 5.26 Å². The largest absolute Gasteiger partial charge is 0.459 e. The highest BCUT2D eigenvalue weighted by atomic mass is 16.5. The number of esters is 1. The summed E-state index contributed by atoms with van der Waals surface area (Å²) in [4.78, 5) is 13.8. The van der Waals surface area contributed by atoms with Crippen molar-refractivity contribution >= 4 is 5.97 Å². The van der Waals surface area contributed by atoms with Crippen molar-refractivity contribution in [3.8, 4) is 6.07 Å². The Bertz CT molecular complexity index is 419. The van der Waals surface area contributed by atoms with E-state index in [1.807, 2.05) is 6.20 Å². The average molecular weight is 324 g/mol. The topological polar surface area (TPSA) is 93.8 Å². The Kier molecular flexibility index (Phi) is 12.7. The number of carbonyl (C=O) groups is 1. The molecule has 0 bridgehead atoms. The summed E-state index contributed by atoms with van der Waals surface area (Å²) in [6.07, 6.45) is 8.19. The third-order valence-corrected chi connectivity index (χ3v) is 3.12. The van der Waals surface area contributed by atoms with E-state index in [1.165, 1.54) is 6.08 Å². The van der Waals surface area contributed by atoms with Gasteiger partial charge in [0.1, 0.15) is 24.4 Å². The maximum atomic E-state index is 11.7. The second kappa shape index (κ2) is 13.8. The number of carbonyl (C=O) groups excluding carboxylic acids is 1. The summed E-state index contributed by atoms with van der Waals surface area (Å²) in [6, 6.07) is 1.78. The van der Waals surface area contributed by atoms with Gasteiger partial charge >= 0.3 is 5.97 Å². The molecular formula is C17H28N2O4. The highest BCUT2D eigenvalue weighted by Gasteiger charge is 2.12. The van der Waals surface area contributed by atoms with Crippen LogP contribution in [0.15, 0.2) is 23.9 Å². The Hall–Kier alpha value is -1.84. The summed E-state index contributed by atoms with van der Waals surface area (Å²) >= 11 is 0. The minimum atomic E-state index is -1.13. The number of ether oxygens (including phenoxy) is 1. The molecule has 0 aromatic carbocycles. The van der Waals surface area contributed by atoms with Crippen LogP contribution >= 0.6 is 0 Å². The second-order valence-corrected chi connectivity index (χ2v) is 5.21. The van der Waals surface area contributed by atoms with E-state index in [2.05, 4.69) is 18.7 Å². The molecule has 0 spiro atoms. The first kappa shape index (κ1) is 21.2. The highest BCUT2D eigenvalue weighted by molar-refractivity contribution is 5.93. The van der Waals surface area contributed by atoms with Crippen molar-refractivity contribution in [2.45, 2.75) is 45.6 Å². The quantitative estimate of drug-likeness (QED) is 0.246. The Morgan fingerprint density at radius 3 is 2.39 bits per heavy atom. The van der Waals surface area contributed by atoms with Crippen LogP contribution in [0.1, 0.15) is 39.5 Å². The van der Waals surface area contributed by atoms with E-state index < -0.39 is 18.7 Å². The zero-order valence-corrected chi connectivity index (χ0v) is 14.1. The number of hydrogen-bond donors (Lipinski definition) is 2.